The lowest BCUT2D eigenvalue weighted by Gasteiger charge is -2.21. The molecule has 2 aromatic carbocycles. The van der Waals surface area contributed by atoms with Crippen molar-refractivity contribution in [3.8, 4) is 12.3 Å². The number of carbonyl (C=O) groups excluding carboxylic acids is 2. The van der Waals surface area contributed by atoms with E-state index in [1.54, 1.807) is 18.3 Å². The highest BCUT2D eigenvalue weighted by Gasteiger charge is 2.14. The minimum absolute atomic E-state index is 0.0345. The molecule has 184 valence electrons. The number of hydrogen-bond acceptors (Lipinski definition) is 3. The fraction of sp³-hybridized carbons (Fsp3) is 0.367. The van der Waals surface area contributed by atoms with Gasteiger partial charge < -0.3 is 10.6 Å². The summed E-state index contributed by atoms with van der Waals surface area (Å²) in [7, 11) is 0. The highest BCUT2D eigenvalue weighted by Crippen LogP contribution is 2.32. The van der Waals surface area contributed by atoms with Crippen LogP contribution in [0.2, 0.25) is 0 Å². The van der Waals surface area contributed by atoms with Gasteiger partial charge in [-0.1, -0.05) is 55.5 Å². The predicted octanol–water partition coefficient (Wildman–Crippen LogP) is 7.03. The van der Waals surface area contributed by atoms with Crippen molar-refractivity contribution in [2.45, 2.75) is 65.7 Å². The molecule has 1 aliphatic carbocycles. The van der Waals surface area contributed by atoms with Crippen LogP contribution in [0.3, 0.4) is 0 Å². The first-order valence-electron chi connectivity index (χ1n) is 12.2. The smallest absolute Gasteiger partial charge is 0.319 e. The van der Waals surface area contributed by atoms with E-state index >= 15 is 0 Å². The molecule has 0 bridgehead atoms. The molecule has 2 N–H and O–H groups in total. The minimum atomic E-state index is -0.325. The number of amides is 2. The van der Waals surface area contributed by atoms with Crippen molar-refractivity contribution in [2.75, 3.05) is 11.9 Å². The molecule has 1 saturated carbocycles. The number of anilines is 1. The number of aliphatic imine (C=N–C) groups is 1. The molecule has 0 heterocycles. The van der Waals surface area contributed by atoms with E-state index in [2.05, 4.69) is 45.8 Å². The number of allylic oxidation sites excluding steroid dienone is 1. The Kier molecular flexibility index (Phi) is 11.5. The van der Waals surface area contributed by atoms with E-state index in [-0.39, 0.29) is 11.8 Å². The quantitative estimate of drug-likeness (QED) is 0.270. The fourth-order valence-electron chi connectivity index (χ4n) is 3.89. The average Bonchev–Trinajstić information content (AvgIpc) is 2.88. The molecular formula is C30H37N3O2. The van der Waals surface area contributed by atoms with Crippen molar-refractivity contribution in [3.05, 3.63) is 77.0 Å². The van der Waals surface area contributed by atoms with Gasteiger partial charge in [-0.25, -0.2) is 4.79 Å². The first-order chi connectivity index (χ1) is 16.8. The predicted molar refractivity (Wildman–Crippen MR) is 146 cm³/mol. The molecule has 0 spiro atoms. The zero-order valence-electron chi connectivity index (χ0n) is 21.4. The standard InChI is InChI=1S/C16H21N3O2.C14H16/c1-5-8-17-12(3)10-18-16(21)19-15-9-14(13(4)20)7-6-11(15)2;1-2-12-8-10-14(11-9-12)13-6-4-3-5-7-13/h5-9H,10H2,1-4H3,(H2,18,19,21);1,8-11,13H,3-7H2/b8-5-,17-12?;. The van der Waals surface area contributed by atoms with Crippen LogP contribution in [0, 0.1) is 19.3 Å². The molecule has 0 atom stereocenters. The van der Waals surface area contributed by atoms with Crippen LogP contribution in [-0.2, 0) is 0 Å². The second-order valence-corrected chi connectivity index (χ2v) is 8.84. The van der Waals surface area contributed by atoms with Crippen molar-refractivity contribution in [3.63, 3.8) is 0 Å². The second kappa shape index (κ2) is 14.6. The number of rotatable bonds is 6. The van der Waals surface area contributed by atoms with E-state index < -0.39 is 0 Å². The molecular weight excluding hydrogens is 434 g/mol. The third-order valence-electron chi connectivity index (χ3n) is 5.99. The molecule has 0 aromatic heterocycles. The number of terminal acetylenes is 1. The number of benzene rings is 2. The summed E-state index contributed by atoms with van der Waals surface area (Å²) in [6, 6.07) is 13.4. The summed E-state index contributed by atoms with van der Waals surface area (Å²) in [6.45, 7) is 7.44. The van der Waals surface area contributed by atoms with Gasteiger partial charge >= 0.3 is 6.03 Å². The third-order valence-corrected chi connectivity index (χ3v) is 5.99. The molecule has 5 nitrogen and oxygen atoms in total. The SMILES string of the molecule is C#Cc1ccc(C2CCCCC2)cc1.C/C=C\N=C(C)CNC(=O)Nc1cc(C(C)=O)ccc1C. The number of Topliss-reactive ketones (excluding diaryl/α,β-unsaturated/α-hetero) is 1. The maximum absolute atomic E-state index is 11.8. The number of hydrogen-bond donors (Lipinski definition) is 2. The summed E-state index contributed by atoms with van der Waals surface area (Å²) in [4.78, 5) is 27.3. The molecule has 3 rings (SSSR count). The van der Waals surface area contributed by atoms with Crippen LogP contribution >= 0.6 is 0 Å². The molecule has 0 radical (unpaired) electrons. The van der Waals surface area contributed by atoms with E-state index in [1.807, 2.05) is 32.9 Å². The highest BCUT2D eigenvalue weighted by atomic mass is 16.2. The number of aryl methyl sites for hydroxylation is 1. The second-order valence-electron chi connectivity index (χ2n) is 8.84. The van der Waals surface area contributed by atoms with Crippen LogP contribution in [0.15, 0.2) is 59.7 Å². The molecule has 1 fully saturated rings. The van der Waals surface area contributed by atoms with E-state index in [9.17, 15) is 9.59 Å². The number of nitrogens with zero attached hydrogens (tertiary/aromatic N) is 1. The largest absolute Gasteiger partial charge is 0.333 e. The maximum atomic E-state index is 11.8. The fourth-order valence-corrected chi connectivity index (χ4v) is 3.89. The third kappa shape index (κ3) is 9.62. The van der Waals surface area contributed by atoms with E-state index in [1.165, 1.54) is 44.6 Å². The van der Waals surface area contributed by atoms with Gasteiger partial charge in [0.15, 0.2) is 5.78 Å². The number of ketones is 1. The molecule has 0 aliphatic heterocycles. The molecule has 2 aromatic rings. The van der Waals surface area contributed by atoms with Crippen LogP contribution in [0.5, 0.6) is 0 Å². The number of nitrogens with one attached hydrogen (secondary N) is 2. The molecule has 0 unspecified atom stereocenters. The van der Waals surface area contributed by atoms with E-state index in [0.717, 1.165) is 22.8 Å². The molecule has 2 amide bonds. The summed E-state index contributed by atoms with van der Waals surface area (Å²) in [5, 5.41) is 5.46. The Labute approximate surface area is 210 Å². The summed E-state index contributed by atoms with van der Waals surface area (Å²) < 4.78 is 0. The van der Waals surface area contributed by atoms with Crippen molar-refractivity contribution < 1.29 is 9.59 Å². The Balaban J connectivity index is 0.000000266. The van der Waals surface area contributed by atoms with Crippen LogP contribution < -0.4 is 10.6 Å². The van der Waals surface area contributed by atoms with Crippen molar-refractivity contribution >= 4 is 23.2 Å². The zero-order chi connectivity index (χ0) is 25.6. The topological polar surface area (TPSA) is 70.6 Å². The summed E-state index contributed by atoms with van der Waals surface area (Å²) in [5.74, 6) is 3.41. The number of carbonyl (C=O) groups is 2. The summed E-state index contributed by atoms with van der Waals surface area (Å²) in [6.07, 6.45) is 15.7. The van der Waals surface area contributed by atoms with Crippen molar-refractivity contribution in [2.24, 2.45) is 4.99 Å². The van der Waals surface area contributed by atoms with Gasteiger partial charge in [0, 0.05) is 28.7 Å². The minimum Gasteiger partial charge on any atom is -0.333 e. The lowest BCUT2D eigenvalue weighted by atomic mass is 9.84. The number of urea groups is 1. The van der Waals surface area contributed by atoms with Gasteiger partial charge in [0.05, 0.1) is 6.54 Å². The first kappa shape index (κ1) is 27.6. The molecule has 1 aliphatic rings. The van der Waals surface area contributed by atoms with Gasteiger partial charge in [0.25, 0.3) is 0 Å². The maximum Gasteiger partial charge on any atom is 0.319 e. The molecule has 35 heavy (non-hydrogen) atoms. The summed E-state index contributed by atoms with van der Waals surface area (Å²) >= 11 is 0. The zero-order valence-corrected chi connectivity index (χ0v) is 21.4. The Bertz CT molecular complexity index is 1090. The molecule has 5 heteroatoms. The van der Waals surface area contributed by atoms with Crippen molar-refractivity contribution in [1.82, 2.24) is 5.32 Å². The normalized spacial score (nSPS) is 14.0. The highest BCUT2D eigenvalue weighted by molar-refractivity contribution is 5.98. The Morgan fingerprint density at radius 2 is 1.77 bits per heavy atom. The van der Waals surface area contributed by atoms with Gasteiger partial charge in [-0.3, -0.25) is 9.79 Å². The molecule has 0 saturated heterocycles. The van der Waals surface area contributed by atoms with E-state index in [4.69, 9.17) is 6.42 Å². The Morgan fingerprint density at radius 1 is 1.09 bits per heavy atom. The van der Waals surface area contributed by atoms with Crippen LogP contribution in [0.1, 0.15) is 85.8 Å². The van der Waals surface area contributed by atoms with Gasteiger partial charge in [-0.2, -0.15) is 0 Å². The van der Waals surface area contributed by atoms with Gasteiger partial charge in [0.1, 0.15) is 0 Å². The Hall–Kier alpha value is -3.65. The van der Waals surface area contributed by atoms with Crippen molar-refractivity contribution in [1.29, 1.82) is 0 Å². The summed E-state index contributed by atoms with van der Waals surface area (Å²) in [5.41, 5.74) is 5.37. The monoisotopic (exact) mass is 471 g/mol. The van der Waals surface area contributed by atoms with Gasteiger partial charge in [-0.05, 0) is 75.8 Å². The Morgan fingerprint density at radius 3 is 2.37 bits per heavy atom. The lowest BCUT2D eigenvalue weighted by molar-refractivity contribution is 0.101. The average molecular weight is 472 g/mol. The first-order valence-corrected chi connectivity index (χ1v) is 12.2. The van der Waals surface area contributed by atoms with Crippen LogP contribution in [-0.4, -0.2) is 24.1 Å². The lowest BCUT2D eigenvalue weighted by Crippen LogP contribution is -2.32. The van der Waals surface area contributed by atoms with Crippen LogP contribution in [0.25, 0.3) is 0 Å². The van der Waals surface area contributed by atoms with E-state index in [0.29, 0.717) is 17.8 Å². The van der Waals surface area contributed by atoms with Crippen LogP contribution in [0.4, 0.5) is 10.5 Å². The van der Waals surface area contributed by atoms with Gasteiger partial charge in [-0.15, -0.1) is 6.42 Å². The van der Waals surface area contributed by atoms with Gasteiger partial charge in [0.2, 0.25) is 0 Å².